The highest BCUT2D eigenvalue weighted by Gasteiger charge is 2.35. The minimum atomic E-state index is -0.795. The van der Waals surface area contributed by atoms with Crippen LogP contribution in [-0.4, -0.2) is 23.6 Å². The van der Waals surface area contributed by atoms with Gasteiger partial charge in [-0.15, -0.1) is 0 Å². The van der Waals surface area contributed by atoms with Crippen molar-refractivity contribution in [3.63, 3.8) is 0 Å². The number of benzene rings is 2. The van der Waals surface area contributed by atoms with Crippen LogP contribution in [0.25, 0.3) is 0 Å². The Morgan fingerprint density at radius 3 is 2.40 bits per heavy atom. The lowest BCUT2D eigenvalue weighted by Crippen LogP contribution is -2.39. The number of halogens is 2. The summed E-state index contributed by atoms with van der Waals surface area (Å²) < 4.78 is 14.0. The summed E-state index contributed by atoms with van der Waals surface area (Å²) in [6.07, 6.45) is 0.0784. The van der Waals surface area contributed by atoms with Crippen LogP contribution in [0, 0.1) is 5.82 Å². The Kier molecular flexibility index (Phi) is 4.80. The maximum atomic E-state index is 13.1. The van der Waals surface area contributed by atoms with Crippen molar-refractivity contribution in [1.82, 2.24) is 0 Å². The van der Waals surface area contributed by atoms with E-state index in [-0.39, 0.29) is 12.1 Å². The second-order valence-electron chi connectivity index (χ2n) is 5.45. The average molecular weight is 405 g/mol. The number of rotatable bonds is 4. The number of hydrazone groups is 1. The van der Waals surface area contributed by atoms with Crippen molar-refractivity contribution in [2.75, 3.05) is 10.3 Å². The molecule has 0 saturated carbocycles. The third-order valence-corrected chi connectivity index (χ3v) is 4.22. The summed E-state index contributed by atoms with van der Waals surface area (Å²) in [6.45, 7) is 0. The molecular formula is C17H14BrFN4O2. The number of anilines is 2. The first-order valence-corrected chi connectivity index (χ1v) is 8.22. The highest BCUT2D eigenvalue weighted by molar-refractivity contribution is 9.10. The second kappa shape index (κ2) is 7.02. The van der Waals surface area contributed by atoms with E-state index < -0.39 is 23.7 Å². The van der Waals surface area contributed by atoms with Gasteiger partial charge >= 0.3 is 0 Å². The molecule has 1 atom stereocenters. The van der Waals surface area contributed by atoms with E-state index >= 15 is 0 Å². The first kappa shape index (κ1) is 17.1. The molecule has 1 aliphatic heterocycles. The molecule has 2 aromatic carbocycles. The zero-order chi connectivity index (χ0) is 18.0. The first-order valence-electron chi connectivity index (χ1n) is 7.42. The molecule has 8 heteroatoms. The lowest BCUT2D eigenvalue weighted by atomic mass is 10.1. The molecule has 25 heavy (non-hydrogen) atoms. The van der Waals surface area contributed by atoms with E-state index in [1.165, 1.54) is 29.3 Å². The number of carbonyl (C=O) groups excluding carboxylic acids is 2. The van der Waals surface area contributed by atoms with Gasteiger partial charge in [-0.05, 0) is 48.5 Å². The average Bonchev–Trinajstić information content (AvgIpc) is 3.03. The van der Waals surface area contributed by atoms with Crippen LogP contribution in [0.5, 0.6) is 0 Å². The van der Waals surface area contributed by atoms with Gasteiger partial charge in [0.1, 0.15) is 17.6 Å². The zero-order valence-electron chi connectivity index (χ0n) is 12.9. The summed E-state index contributed by atoms with van der Waals surface area (Å²) in [5.41, 5.74) is 6.69. The van der Waals surface area contributed by atoms with Gasteiger partial charge in [0, 0.05) is 16.6 Å². The van der Waals surface area contributed by atoms with Crippen LogP contribution in [-0.2, 0) is 9.59 Å². The van der Waals surface area contributed by atoms with Gasteiger partial charge in [0.2, 0.25) is 5.91 Å². The topological polar surface area (TPSA) is 87.8 Å². The second-order valence-corrected chi connectivity index (χ2v) is 6.37. The standard InChI is InChI=1S/C17H14BrFN4O2/c18-10-1-5-12(6-2-10)21-17(25)14-9-15(16(20)24)23(22-14)13-7-3-11(19)4-8-13/h1-8,15H,9H2,(H2,20,24)(H,21,25)/t15-/m1/s1. The van der Waals surface area contributed by atoms with Crippen molar-refractivity contribution in [3.05, 3.63) is 58.8 Å². The summed E-state index contributed by atoms with van der Waals surface area (Å²) in [7, 11) is 0. The molecule has 0 aliphatic carbocycles. The Morgan fingerprint density at radius 1 is 1.16 bits per heavy atom. The van der Waals surface area contributed by atoms with Crippen LogP contribution in [0.4, 0.5) is 15.8 Å². The Bertz CT molecular complexity index is 837. The number of primary amides is 1. The van der Waals surface area contributed by atoms with Crippen LogP contribution < -0.4 is 16.1 Å². The Morgan fingerprint density at radius 2 is 1.80 bits per heavy atom. The number of hydrogen-bond acceptors (Lipinski definition) is 4. The molecule has 2 amide bonds. The third-order valence-electron chi connectivity index (χ3n) is 3.69. The van der Waals surface area contributed by atoms with Crippen LogP contribution in [0.3, 0.4) is 0 Å². The fourth-order valence-corrected chi connectivity index (χ4v) is 2.70. The number of nitrogens with two attached hydrogens (primary N) is 1. The third kappa shape index (κ3) is 3.85. The van der Waals surface area contributed by atoms with Crippen LogP contribution in [0.2, 0.25) is 0 Å². The van der Waals surface area contributed by atoms with Crippen molar-refractivity contribution in [2.24, 2.45) is 10.8 Å². The van der Waals surface area contributed by atoms with E-state index in [0.717, 1.165) is 4.47 Å². The molecule has 0 spiro atoms. The van der Waals surface area contributed by atoms with Gasteiger partial charge in [-0.3, -0.25) is 14.6 Å². The van der Waals surface area contributed by atoms with E-state index in [1.807, 2.05) is 0 Å². The fraction of sp³-hybridized carbons (Fsp3) is 0.118. The van der Waals surface area contributed by atoms with Gasteiger partial charge in [-0.2, -0.15) is 5.10 Å². The number of amides is 2. The maximum absolute atomic E-state index is 13.1. The first-order chi connectivity index (χ1) is 11.9. The van der Waals surface area contributed by atoms with E-state index in [2.05, 4.69) is 26.3 Å². The lowest BCUT2D eigenvalue weighted by Gasteiger charge is -2.20. The van der Waals surface area contributed by atoms with Gasteiger partial charge < -0.3 is 11.1 Å². The lowest BCUT2D eigenvalue weighted by molar-refractivity contribution is -0.119. The minimum absolute atomic E-state index is 0.0784. The van der Waals surface area contributed by atoms with Gasteiger partial charge in [0.05, 0.1) is 5.69 Å². The Hall–Kier alpha value is -2.74. The molecule has 1 heterocycles. The SMILES string of the molecule is NC(=O)[C@H]1CC(C(=O)Nc2ccc(Br)cc2)=NN1c1ccc(F)cc1. The maximum Gasteiger partial charge on any atom is 0.271 e. The molecule has 128 valence electrons. The van der Waals surface area contributed by atoms with Crippen molar-refractivity contribution in [1.29, 1.82) is 0 Å². The summed E-state index contributed by atoms with van der Waals surface area (Å²) in [6, 6.07) is 11.7. The van der Waals surface area contributed by atoms with Gasteiger partial charge in [-0.1, -0.05) is 15.9 Å². The predicted molar refractivity (Wildman–Crippen MR) is 96.7 cm³/mol. The molecule has 2 aromatic rings. The molecule has 0 saturated heterocycles. The van der Waals surface area contributed by atoms with Crippen molar-refractivity contribution < 1.29 is 14.0 Å². The fourth-order valence-electron chi connectivity index (χ4n) is 2.44. The summed E-state index contributed by atoms with van der Waals surface area (Å²) in [5, 5.41) is 8.28. The monoisotopic (exact) mass is 404 g/mol. The molecule has 0 bridgehead atoms. The van der Waals surface area contributed by atoms with E-state index in [1.54, 1.807) is 24.3 Å². The molecular weight excluding hydrogens is 391 g/mol. The Balaban J connectivity index is 1.82. The van der Waals surface area contributed by atoms with Crippen molar-refractivity contribution in [2.45, 2.75) is 12.5 Å². The highest BCUT2D eigenvalue weighted by Crippen LogP contribution is 2.25. The molecule has 0 aromatic heterocycles. The molecule has 0 unspecified atom stereocenters. The molecule has 0 fully saturated rings. The summed E-state index contributed by atoms with van der Waals surface area (Å²) in [5.74, 6) is -1.44. The van der Waals surface area contributed by atoms with E-state index in [4.69, 9.17) is 5.73 Å². The van der Waals surface area contributed by atoms with E-state index in [0.29, 0.717) is 11.4 Å². The molecule has 0 radical (unpaired) electrons. The number of nitrogens with one attached hydrogen (secondary N) is 1. The largest absolute Gasteiger partial charge is 0.368 e. The smallest absolute Gasteiger partial charge is 0.271 e. The van der Waals surface area contributed by atoms with Crippen molar-refractivity contribution in [3.8, 4) is 0 Å². The van der Waals surface area contributed by atoms with Crippen LogP contribution >= 0.6 is 15.9 Å². The normalized spacial score (nSPS) is 16.5. The van der Waals surface area contributed by atoms with Gasteiger partial charge in [0.15, 0.2) is 0 Å². The van der Waals surface area contributed by atoms with Crippen molar-refractivity contribution >= 4 is 44.8 Å². The Labute approximate surface area is 151 Å². The number of carbonyl (C=O) groups is 2. The molecule has 1 aliphatic rings. The molecule has 6 nitrogen and oxygen atoms in total. The van der Waals surface area contributed by atoms with Crippen LogP contribution in [0.1, 0.15) is 6.42 Å². The predicted octanol–water partition coefficient (Wildman–Crippen LogP) is 2.65. The van der Waals surface area contributed by atoms with Gasteiger partial charge in [0.25, 0.3) is 5.91 Å². The molecule has 3 rings (SSSR count). The molecule has 3 N–H and O–H groups in total. The highest BCUT2D eigenvalue weighted by atomic mass is 79.9. The number of nitrogens with zero attached hydrogens (tertiary/aromatic N) is 2. The summed E-state index contributed by atoms with van der Waals surface area (Å²) in [4.78, 5) is 24.1. The van der Waals surface area contributed by atoms with Gasteiger partial charge in [-0.25, -0.2) is 4.39 Å². The summed E-state index contributed by atoms with van der Waals surface area (Å²) >= 11 is 3.32. The zero-order valence-corrected chi connectivity index (χ0v) is 14.5. The quantitative estimate of drug-likeness (QED) is 0.820. The van der Waals surface area contributed by atoms with Crippen LogP contribution in [0.15, 0.2) is 58.1 Å². The number of hydrogen-bond donors (Lipinski definition) is 2. The van der Waals surface area contributed by atoms with E-state index in [9.17, 15) is 14.0 Å². The minimum Gasteiger partial charge on any atom is -0.368 e.